The molecule has 1 aliphatic rings. The topological polar surface area (TPSA) is 99.2 Å². The SMILES string of the molecule is CCC(C(=O)O)N(C)C(=O)N1CCOCC1C(=O)NC. The molecule has 1 aliphatic heterocycles. The molecular formula is C12H21N3O5. The zero-order chi connectivity index (χ0) is 15.3. The van der Waals surface area contributed by atoms with Gasteiger partial charge in [0, 0.05) is 20.6 Å². The molecule has 0 aromatic carbocycles. The minimum absolute atomic E-state index is 0.114. The Kier molecular flexibility index (Phi) is 5.75. The fourth-order valence-electron chi connectivity index (χ4n) is 2.17. The second kappa shape index (κ2) is 7.09. The zero-order valence-corrected chi connectivity index (χ0v) is 12.0. The van der Waals surface area contributed by atoms with Crippen LogP contribution in [0.15, 0.2) is 0 Å². The highest BCUT2D eigenvalue weighted by Crippen LogP contribution is 2.13. The fraction of sp³-hybridized carbons (Fsp3) is 0.750. The Bertz CT molecular complexity index is 387. The number of nitrogens with zero attached hydrogens (tertiary/aromatic N) is 2. The number of urea groups is 1. The molecule has 0 spiro atoms. The Balaban J connectivity index is 2.86. The van der Waals surface area contributed by atoms with Gasteiger partial charge in [0.05, 0.1) is 13.2 Å². The second-order valence-corrected chi connectivity index (χ2v) is 4.55. The van der Waals surface area contributed by atoms with Gasteiger partial charge in [-0.3, -0.25) is 4.79 Å². The van der Waals surface area contributed by atoms with Crippen molar-refractivity contribution in [3.63, 3.8) is 0 Å². The minimum atomic E-state index is -1.06. The zero-order valence-electron chi connectivity index (χ0n) is 12.0. The molecule has 3 amide bonds. The molecule has 2 unspecified atom stereocenters. The Morgan fingerprint density at radius 1 is 1.50 bits per heavy atom. The summed E-state index contributed by atoms with van der Waals surface area (Å²) in [6.45, 7) is 2.40. The molecule has 20 heavy (non-hydrogen) atoms. The molecular weight excluding hydrogens is 266 g/mol. The average molecular weight is 287 g/mol. The van der Waals surface area contributed by atoms with Crippen LogP contribution in [0, 0.1) is 0 Å². The minimum Gasteiger partial charge on any atom is -0.480 e. The molecule has 1 rings (SSSR count). The standard InChI is InChI=1S/C12H21N3O5/c1-4-8(11(17)18)14(3)12(19)15-5-6-20-7-9(15)10(16)13-2/h8-9H,4-7H2,1-3H3,(H,13,16)(H,17,18). The highest BCUT2D eigenvalue weighted by Gasteiger charge is 2.36. The number of amides is 3. The van der Waals surface area contributed by atoms with Crippen LogP contribution in [0.2, 0.25) is 0 Å². The van der Waals surface area contributed by atoms with Gasteiger partial charge in [0.1, 0.15) is 12.1 Å². The monoisotopic (exact) mass is 287 g/mol. The Morgan fingerprint density at radius 3 is 2.65 bits per heavy atom. The van der Waals surface area contributed by atoms with Crippen LogP contribution >= 0.6 is 0 Å². The number of rotatable bonds is 4. The second-order valence-electron chi connectivity index (χ2n) is 4.55. The number of nitrogens with one attached hydrogen (secondary N) is 1. The van der Waals surface area contributed by atoms with Crippen molar-refractivity contribution >= 4 is 17.9 Å². The third-order valence-electron chi connectivity index (χ3n) is 3.36. The van der Waals surface area contributed by atoms with Gasteiger partial charge in [0.2, 0.25) is 5.91 Å². The van der Waals surface area contributed by atoms with Crippen molar-refractivity contribution in [1.82, 2.24) is 15.1 Å². The Hall–Kier alpha value is -1.83. The Morgan fingerprint density at radius 2 is 2.15 bits per heavy atom. The molecule has 1 heterocycles. The van der Waals surface area contributed by atoms with E-state index < -0.39 is 24.1 Å². The lowest BCUT2D eigenvalue weighted by Gasteiger charge is -2.38. The third kappa shape index (κ3) is 3.38. The number of ether oxygens (including phenoxy) is 1. The van der Waals surface area contributed by atoms with Crippen LogP contribution in [0.25, 0.3) is 0 Å². The molecule has 8 heteroatoms. The van der Waals surface area contributed by atoms with Gasteiger partial charge in [-0.05, 0) is 6.42 Å². The van der Waals surface area contributed by atoms with Crippen molar-refractivity contribution in [3.05, 3.63) is 0 Å². The first-order valence-corrected chi connectivity index (χ1v) is 6.49. The van der Waals surface area contributed by atoms with Crippen LogP contribution in [0.5, 0.6) is 0 Å². The van der Waals surface area contributed by atoms with Crippen LogP contribution in [0.3, 0.4) is 0 Å². The van der Waals surface area contributed by atoms with Gasteiger partial charge >= 0.3 is 12.0 Å². The van der Waals surface area contributed by atoms with Gasteiger partial charge in [0.25, 0.3) is 0 Å². The summed E-state index contributed by atoms with van der Waals surface area (Å²) in [6, 6.07) is -2.11. The summed E-state index contributed by atoms with van der Waals surface area (Å²) in [5.41, 5.74) is 0. The fourth-order valence-corrected chi connectivity index (χ4v) is 2.17. The molecule has 0 aromatic rings. The summed E-state index contributed by atoms with van der Waals surface area (Å²) in [4.78, 5) is 37.8. The van der Waals surface area contributed by atoms with E-state index in [1.807, 2.05) is 0 Å². The van der Waals surface area contributed by atoms with Gasteiger partial charge < -0.3 is 25.0 Å². The van der Waals surface area contributed by atoms with E-state index in [0.717, 1.165) is 4.90 Å². The van der Waals surface area contributed by atoms with E-state index in [4.69, 9.17) is 9.84 Å². The van der Waals surface area contributed by atoms with Crippen molar-refractivity contribution in [2.75, 3.05) is 33.9 Å². The summed E-state index contributed by atoms with van der Waals surface area (Å²) in [5.74, 6) is -1.39. The molecule has 8 nitrogen and oxygen atoms in total. The molecule has 1 fully saturated rings. The van der Waals surface area contributed by atoms with E-state index in [0.29, 0.717) is 13.0 Å². The first-order valence-electron chi connectivity index (χ1n) is 6.49. The largest absolute Gasteiger partial charge is 0.480 e. The van der Waals surface area contributed by atoms with E-state index in [1.54, 1.807) is 6.92 Å². The number of aliphatic carboxylic acids is 1. The van der Waals surface area contributed by atoms with E-state index in [2.05, 4.69) is 5.32 Å². The van der Waals surface area contributed by atoms with Crippen LogP contribution in [0.1, 0.15) is 13.3 Å². The number of likely N-dealkylation sites (N-methyl/N-ethyl adjacent to an activating group) is 2. The van der Waals surface area contributed by atoms with Gasteiger partial charge in [-0.25, -0.2) is 9.59 Å². The molecule has 0 bridgehead atoms. The number of morpholine rings is 1. The predicted molar refractivity (Wildman–Crippen MR) is 70.3 cm³/mol. The number of carbonyl (C=O) groups is 3. The average Bonchev–Trinajstić information content (AvgIpc) is 2.45. The first-order chi connectivity index (χ1) is 9.43. The lowest BCUT2D eigenvalue weighted by molar-refractivity contribution is -0.142. The van der Waals surface area contributed by atoms with E-state index in [1.165, 1.54) is 19.0 Å². The summed E-state index contributed by atoms with van der Waals surface area (Å²) in [5, 5.41) is 11.6. The first kappa shape index (κ1) is 16.2. The maximum atomic E-state index is 12.4. The number of hydrogen-bond acceptors (Lipinski definition) is 4. The van der Waals surface area contributed by atoms with Crippen molar-refractivity contribution < 1.29 is 24.2 Å². The normalized spacial score (nSPS) is 20.1. The molecule has 0 aromatic heterocycles. The van der Waals surface area contributed by atoms with Gasteiger partial charge in [0.15, 0.2) is 0 Å². The van der Waals surface area contributed by atoms with E-state index in [9.17, 15) is 14.4 Å². The number of carbonyl (C=O) groups excluding carboxylic acids is 2. The van der Waals surface area contributed by atoms with E-state index in [-0.39, 0.29) is 19.1 Å². The summed E-state index contributed by atoms with van der Waals surface area (Å²) < 4.78 is 5.21. The number of carboxylic acids is 1. The van der Waals surface area contributed by atoms with Crippen LogP contribution in [-0.2, 0) is 14.3 Å². The highest BCUT2D eigenvalue weighted by atomic mass is 16.5. The lowest BCUT2D eigenvalue weighted by atomic mass is 10.2. The van der Waals surface area contributed by atoms with Gasteiger partial charge in [-0.15, -0.1) is 0 Å². The van der Waals surface area contributed by atoms with Crippen LogP contribution in [0.4, 0.5) is 4.79 Å². The van der Waals surface area contributed by atoms with Crippen molar-refractivity contribution in [2.24, 2.45) is 0 Å². The van der Waals surface area contributed by atoms with Crippen molar-refractivity contribution in [3.8, 4) is 0 Å². The number of carboxylic acid groups (broad SMARTS) is 1. The van der Waals surface area contributed by atoms with Crippen molar-refractivity contribution in [2.45, 2.75) is 25.4 Å². The summed E-state index contributed by atoms with van der Waals surface area (Å²) >= 11 is 0. The van der Waals surface area contributed by atoms with Crippen LogP contribution in [-0.4, -0.2) is 78.8 Å². The van der Waals surface area contributed by atoms with E-state index >= 15 is 0 Å². The molecule has 1 saturated heterocycles. The predicted octanol–water partition coefficient (Wildman–Crippen LogP) is -0.652. The lowest BCUT2D eigenvalue weighted by Crippen LogP contribution is -2.59. The van der Waals surface area contributed by atoms with Crippen LogP contribution < -0.4 is 5.32 Å². The quantitative estimate of drug-likeness (QED) is 0.715. The molecule has 0 radical (unpaired) electrons. The molecule has 0 saturated carbocycles. The molecule has 114 valence electrons. The maximum absolute atomic E-state index is 12.4. The summed E-state index contributed by atoms with van der Waals surface area (Å²) in [7, 11) is 2.91. The third-order valence-corrected chi connectivity index (χ3v) is 3.36. The molecule has 2 atom stereocenters. The van der Waals surface area contributed by atoms with Gasteiger partial charge in [-0.2, -0.15) is 0 Å². The van der Waals surface area contributed by atoms with Crippen molar-refractivity contribution in [1.29, 1.82) is 0 Å². The molecule has 2 N–H and O–H groups in total. The number of hydrogen-bond donors (Lipinski definition) is 2. The smallest absolute Gasteiger partial charge is 0.326 e. The Labute approximate surface area is 117 Å². The summed E-state index contributed by atoms with van der Waals surface area (Å²) in [6.07, 6.45) is 0.298. The molecule has 0 aliphatic carbocycles. The van der Waals surface area contributed by atoms with Gasteiger partial charge in [-0.1, -0.05) is 6.92 Å². The maximum Gasteiger partial charge on any atom is 0.326 e. The highest BCUT2D eigenvalue weighted by molar-refractivity contribution is 5.89.